The number of methoxy groups -OCH3 is 1. The minimum absolute atomic E-state index is 0.0318. The molecule has 6 nitrogen and oxygen atoms in total. The van der Waals surface area contributed by atoms with E-state index in [-0.39, 0.29) is 11.3 Å². The smallest absolute Gasteiger partial charge is 0.221 e. The third-order valence-corrected chi connectivity index (χ3v) is 3.16. The highest BCUT2D eigenvalue weighted by Crippen LogP contribution is 2.08. The molecule has 1 amide bonds. The second kappa shape index (κ2) is 7.54. The molecular weight excluding hydrogens is 270 g/mol. The lowest BCUT2D eigenvalue weighted by molar-refractivity contribution is -0.121. The van der Waals surface area contributed by atoms with E-state index in [1.54, 1.807) is 17.9 Å². The Hall–Kier alpha value is -2.21. The number of nitrogens with zero attached hydrogens (tertiary/aromatic N) is 2. The van der Waals surface area contributed by atoms with Gasteiger partial charge in [0.05, 0.1) is 18.3 Å². The summed E-state index contributed by atoms with van der Waals surface area (Å²) < 4.78 is 6.60. The molecule has 0 fully saturated rings. The zero-order valence-corrected chi connectivity index (χ0v) is 12.0. The molecule has 1 heterocycles. The van der Waals surface area contributed by atoms with Crippen molar-refractivity contribution in [1.82, 2.24) is 15.1 Å². The summed E-state index contributed by atoms with van der Waals surface area (Å²) in [6, 6.07) is 7.27. The van der Waals surface area contributed by atoms with Gasteiger partial charge < -0.3 is 10.1 Å². The van der Waals surface area contributed by atoms with Crippen molar-refractivity contribution < 1.29 is 9.53 Å². The fourth-order valence-corrected chi connectivity index (χ4v) is 2.08. The highest BCUT2D eigenvalue weighted by molar-refractivity contribution is 5.78. The molecule has 6 heteroatoms. The summed E-state index contributed by atoms with van der Waals surface area (Å²) in [5, 5.41) is 7.54. The first-order chi connectivity index (χ1) is 10.2. The highest BCUT2D eigenvalue weighted by Gasteiger charge is 2.06. The number of aromatic nitrogens is 2. The van der Waals surface area contributed by atoms with Gasteiger partial charge in [0.25, 0.3) is 0 Å². The lowest BCUT2D eigenvalue weighted by atomic mass is 10.2. The Morgan fingerprint density at radius 1 is 1.38 bits per heavy atom. The normalized spacial score (nSPS) is 10.7. The van der Waals surface area contributed by atoms with Crippen molar-refractivity contribution in [2.75, 3.05) is 20.3 Å². The number of carbonyl (C=O) groups is 1. The summed E-state index contributed by atoms with van der Waals surface area (Å²) in [5.74, 6) is -0.0318. The van der Waals surface area contributed by atoms with Crippen molar-refractivity contribution in [2.45, 2.75) is 19.4 Å². The largest absolute Gasteiger partial charge is 0.385 e. The number of para-hydroxylation sites is 1. The van der Waals surface area contributed by atoms with Crippen LogP contribution in [0.2, 0.25) is 0 Å². The lowest BCUT2D eigenvalue weighted by Gasteiger charge is -2.09. The van der Waals surface area contributed by atoms with E-state index in [9.17, 15) is 9.59 Å². The molecule has 2 aromatic rings. The number of benzene rings is 1. The van der Waals surface area contributed by atoms with E-state index < -0.39 is 0 Å². The van der Waals surface area contributed by atoms with Gasteiger partial charge in [0, 0.05) is 32.1 Å². The van der Waals surface area contributed by atoms with Gasteiger partial charge in [0.1, 0.15) is 0 Å². The van der Waals surface area contributed by atoms with Gasteiger partial charge in [-0.05, 0) is 18.6 Å². The first kappa shape index (κ1) is 15.2. The fourth-order valence-electron chi connectivity index (χ4n) is 2.08. The summed E-state index contributed by atoms with van der Waals surface area (Å²) in [7, 11) is 1.63. The standard InChI is InChI=1S/C15H19N3O3/c1-21-10-4-8-16-15(20)7-9-18-13-6-3-2-5-12(13)14(19)11-17-18/h2-3,5-6,11H,4,7-10H2,1H3,(H,16,20). The lowest BCUT2D eigenvalue weighted by Crippen LogP contribution is -2.26. The van der Waals surface area contributed by atoms with Gasteiger partial charge in [-0.2, -0.15) is 5.10 Å². The predicted molar refractivity (Wildman–Crippen MR) is 80.1 cm³/mol. The average molecular weight is 289 g/mol. The van der Waals surface area contributed by atoms with Gasteiger partial charge in [0.15, 0.2) is 0 Å². The quantitative estimate of drug-likeness (QED) is 0.770. The molecule has 112 valence electrons. The van der Waals surface area contributed by atoms with E-state index in [1.165, 1.54) is 6.20 Å². The first-order valence-corrected chi connectivity index (χ1v) is 6.93. The SMILES string of the molecule is COCCCNC(=O)CCn1ncc(=O)c2ccccc21. The molecule has 1 aromatic carbocycles. The van der Waals surface area contributed by atoms with E-state index in [1.807, 2.05) is 18.2 Å². The summed E-state index contributed by atoms with van der Waals surface area (Å²) in [6.07, 6.45) is 2.41. The van der Waals surface area contributed by atoms with Crippen molar-refractivity contribution >= 4 is 16.8 Å². The molecule has 2 rings (SSSR count). The molecular formula is C15H19N3O3. The van der Waals surface area contributed by atoms with Crippen LogP contribution in [-0.2, 0) is 16.1 Å². The van der Waals surface area contributed by atoms with Crippen LogP contribution in [0.15, 0.2) is 35.3 Å². The molecule has 0 unspecified atom stereocenters. The van der Waals surface area contributed by atoms with Gasteiger partial charge in [-0.1, -0.05) is 12.1 Å². The summed E-state index contributed by atoms with van der Waals surface area (Å²) in [4.78, 5) is 23.4. The number of hydrogen-bond donors (Lipinski definition) is 1. The molecule has 0 bridgehead atoms. The monoisotopic (exact) mass is 289 g/mol. The van der Waals surface area contributed by atoms with Crippen LogP contribution >= 0.6 is 0 Å². The van der Waals surface area contributed by atoms with Crippen LogP contribution in [0, 0.1) is 0 Å². The van der Waals surface area contributed by atoms with Crippen molar-refractivity contribution in [2.24, 2.45) is 0 Å². The zero-order valence-electron chi connectivity index (χ0n) is 12.0. The summed E-state index contributed by atoms with van der Waals surface area (Å²) in [6.45, 7) is 1.67. The van der Waals surface area contributed by atoms with Crippen LogP contribution in [0.3, 0.4) is 0 Å². The summed E-state index contributed by atoms with van der Waals surface area (Å²) >= 11 is 0. The van der Waals surface area contributed by atoms with Crippen molar-refractivity contribution in [3.8, 4) is 0 Å². The number of hydrogen-bond acceptors (Lipinski definition) is 4. The second-order valence-corrected chi connectivity index (χ2v) is 4.70. The van der Waals surface area contributed by atoms with E-state index in [2.05, 4.69) is 10.4 Å². The van der Waals surface area contributed by atoms with Crippen molar-refractivity contribution in [3.63, 3.8) is 0 Å². The Bertz CT molecular complexity index is 667. The van der Waals surface area contributed by atoms with Crippen LogP contribution in [0.25, 0.3) is 10.9 Å². The number of carbonyl (C=O) groups excluding carboxylic acids is 1. The van der Waals surface area contributed by atoms with E-state index in [0.717, 1.165) is 11.9 Å². The van der Waals surface area contributed by atoms with Crippen LogP contribution < -0.4 is 10.7 Å². The van der Waals surface area contributed by atoms with Crippen molar-refractivity contribution in [1.29, 1.82) is 0 Å². The van der Waals surface area contributed by atoms with E-state index in [0.29, 0.717) is 31.5 Å². The maximum Gasteiger partial charge on any atom is 0.221 e. The van der Waals surface area contributed by atoms with Crippen LogP contribution in [-0.4, -0.2) is 35.9 Å². The molecule has 21 heavy (non-hydrogen) atoms. The van der Waals surface area contributed by atoms with Gasteiger partial charge in [-0.25, -0.2) is 0 Å². The zero-order chi connectivity index (χ0) is 15.1. The van der Waals surface area contributed by atoms with Crippen LogP contribution in [0.1, 0.15) is 12.8 Å². The molecule has 0 aliphatic rings. The number of ether oxygens (including phenoxy) is 1. The highest BCUT2D eigenvalue weighted by atomic mass is 16.5. The molecule has 1 N–H and O–H groups in total. The third-order valence-electron chi connectivity index (χ3n) is 3.16. The third kappa shape index (κ3) is 4.13. The molecule has 0 atom stereocenters. The van der Waals surface area contributed by atoms with Crippen molar-refractivity contribution in [3.05, 3.63) is 40.7 Å². The van der Waals surface area contributed by atoms with Gasteiger partial charge in [-0.3, -0.25) is 14.3 Å². The molecule has 0 aliphatic carbocycles. The number of aryl methyl sites for hydroxylation is 1. The minimum atomic E-state index is -0.106. The Morgan fingerprint density at radius 3 is 3.00 bits per heavy atom. The van der Waals surface area contributed by atoms with Crippen LogP contribution in [0.5, 0.6) is 0 Å². The second-order valence-electron chi connectivity index (χ2n) is 4.70. The topological polar surface area (TPSA) is 73.2 Å². The maximum absolute atomic E-state index is 11.7. The molecule has 0 radical (unpaired) electrons. The molecule has 1 aromatic heterocycles. The molecule has 0 saturated carbocycles. The number of amides is 1. The summed E-state index contributed by atoms with van der Waals surface area (Å²) in [5.41, 5.74) is 0.642. The number of nitrogens with one attached hydrogen (secondary N) is 1. The molecule has 0 spiro atoms. The Balaban J connectivity index is 1.96. The number of fused-ring (bicyclic) bond motifs is 1. The maximum atomic E-state index is 11.7. The van der Waals surface area contributed by atoms with Crippen LogP contribution in [0.4, 0.5) is 0 Å². The molecule has 0 saturated heterocycles. The van der Waals surface area contributed by atoms with Gasteiger partial charge in [-0.15, -0.1) is 0 Å². The minimum Gasteiger partial charge on any atom is -0.385 e. The van der Waals surface area contributed by atoms with Gasteiger partial charge >= 0.3 is 0 Å². The fraction of sp³-hybridized carbons (Fsp3) is 0.400. The average Bonchev–Trinajstić information content (AvgIpc) is 2.51. The first-order valence-electron chi connectivity index (χ1n) is 6.93. The Labute approximate surface area is 122 Å². The predicted octanol–water partition coefficient (Wildman–Crippen LogP) is 0.939. The van der Waals surface area contributed by atoms with Gasteiger partial charge in [0.2, 0.25) is 11.3 Å². The molecule has 0 aliphatic heterocycles. The van der Waals surface area contributed by atoms with E-state index in [4.69, 9.17) is 4.74 Å². The Morgan fingerprint density at radius 2 is 2.19 bits per heavy atom. The Kier molecular flexibility index (Phi) is 5.45. The van der Waals surface area contributed by atoms with E-state index >= 15 is 0 Å². The number of rotatable bonds is 7.